The molecule has 34 heavy (non-hydrogen) atoms. The summed E-state index contributed by atoms with van der Waals surface area (Å²) in [5, 5.41) is 3.07. The quantitative estimate of drug-likeness (QED) is 0.611. The number of nitrogens with two attached hydrogens (primary N) is 1. The summed E-state index contributed by atoms with van der Waals surface area (Å²) in [5.41, 5.74) is 9.52. The molecule has 2 heterocycles. The van der Waals surface area contributed by atoms with Crippen molar-refractivity contribution in [3.8, 4) is 0 Å². The summed E-state index contributed by atoms with van der Waals surface area (Å²) in [4.78, 5) is 17.3. The number of hydrogen-bond acceptors (Lipinski definition) is 5. The Kier molecular flexibility index (Phi) is 6.95. The Morgan fingerprint density at radius 2 is 1.74 bits per heavy atom. The minimum absolute atomic E-state index is 0.270. The van der Waals surface area contributed by atoms with E-state index in [9.17, 15) is 4.79 Å². The van der Waals surface area contributed by atoms with Crippen LogP contribution in [-0.2, 0) is 11.3 Å². The zero-order valence-electron chi connectivity index (χ0n) is 20.1. The number of benzene rings is 2. The minimum atomic E-state index is -0.286. The van der Waals surface area contributed by atoms with Crippen LogP contribution in [0.4, 0.5) is 16.2 Å². The first kappa shape index (κ1) is 23.0. The minimum Gasteiger partial charge on any atom is -0.445 e. The normalized spacial score (nSPS) is 21.2. The highest BCUT2D eigenvalue weighted by Crippen LogP contribution is 2.49. The van der Waals surface area contributed by atoms with Gasteiger partial charge in [-0.15, -0.1) is 0 Å². The fraction of sp³-hybridized carbons (Fsp3) is 0.536. The summed E-state index contributed by atoms with van der Waals surface area (Å²) in [6.45, 7) is 6.20. The Bertz CT molecular complexity index is 942. The number of carbonyl (C=O) groups is 1. The lowest BCUT2D eigenvalue weighted by atomic mass is 9.60. The second-order valence-corrected chi connectivity index (χ2v) is 10.6. The summed E-state index contributed by atoms with van der Waals surface area (Å²) in [5.74, 6) is 0.793. The van der Waals surface area contributed by atoms with E-state index in [0.29, 0.717) is 12.0 Å². The Morgan fingerprint density at radius 1 is 1.00 bits per heavy atom. The van der Waals surface area contributed by atoms with Gasteiger partial charge in [-0.25, -0.2) is 4.79 Å². The first-order valence-corrected chi connectivity index (χ1v) is 12.9. The molecule has 0 unspecified atom stereocenters. The predicted molar refractivity (Wildman–Crippen MR) is 137 cm³/mol. The van der Waals surface area contributed by atoms with Crippen LogP contribution in [0.15, 0.2) is 54.6 Å². The molecule has 1 saturated carbocycles. The Labute approximate surface area is 203 Å². The molecule has 3 fully saturated rings. The van der Waals surface area contributed by atoms with Crippen LogP contribution in [0, 0.1) is 11.3 Å². The summed E-state index contributed by atoms with van der Waals surface area (Å²) in [7, 11) is 0. The topological polar surface area (TPSA) is 70.8 Å². The molecule has 182 valence electrons. The van der Waals surface area contributed by atoms with Crippen molar-refractivity contribution in [3.05, 3.63) is 60.2 Å². The number of rotatable bonds is 6. The van der Waals surface area contributed by atoms with Crippen LogP contribution < -0.4 is 16.0 Å². The van der Waals surface area contributed by atoms with Gasteiger partial charge < -0.3 is 25.6 Å². The van der Waals surface area contributed by atoms with Crippen molar-refractivity contribution in [3.63, 3.8) is 0 Å². The number of piperidine rings is 2. The number of hydrogen-bond donors (Lipinski definition) is 2. The summed E-state index contributed by atoms with van der Waals surface area (Å²) in [6, 6.07) is 18.4. The number of amides is 1. The van der Waals surface area contributed by atoms with E-state index in [1.807, 2.05) is 36.4 Å². The molecule has 5 rings (SSSR count). The van der Waals surface area contributed by atoms with E-state index in [2.05, 4.69) is 33.3 Å². The molecule has 2 aromatic carbocycles. The van der Waals surface area contributed by atoms with E-state index >= 15 is 0 Å². The molecular formula is C28H38N4O2. The Balaban J connectivity index is 0.980. The number of carbonyl (C=O) groups excluding carboxylic acids is 1. The maximum Gasteiger partial charge on any atom is 0.407 e. The highest BCUT2D eigenvalue weighted by molar-refractivity contribution is 5.67. The van der Waals surface area contributed by atoms with E-state index in [-0.39, 0.29) is 12.1 Å². The van der Waals surface area contributed by atoms with E-state index in [1.165, 1.54) is 51.0 Å². The van der Waals surface area contributed by atoms with Gasteiger partial charge in [0.25, 0.3) is 0 Å². The van der Waals surface area contributed by atoms with Gasteiger partial charge in [0.2, 0.25) is 0 Å². The molecule has 6 nitrogen and oxygen atoms in total. The number of nitrogen functional groups attached to an aromatic ring is 1. The van der Waals surface area contributed by atoms with Crippen molar-refractivity contribution in [2.75, 3.05) is 43.4 Å². The molecule has 0 radical (unpaired) electrons. The van der Waals surface area contributed by atoms with E-state index in [1.54, 1.807) is 0 Å². The predicted octanol–water partition coefficient (Wildman–Crippen LogP) is 4.66. The Hall–Kier alpha value is -2.73. The molecule has 1 aliphatic carbocycles. The molecule has 2 saturated heterocycles. The van der Waals surface area contributed by atoms with Crippen LogP contribution >= 0.6 is 0 Å². The van der Waals surface area contributed by atoms with Crippen molar-refractivity contribution in [2.24, 2.45) is 11.3 Å². The largest absolute Gasteiger partial charge is 0.445 e. The fourth-order valence-electron chi connectivity index (χ4n) is 6.10. The maximum atomic E-state index is 12.1. The monoisotopic (exact) mass is 462 g/mol. The third-order valence-corrected chi connectivity index (χ3v) is 8.18. The number of likely N-dealkylation sites (tertiary alicyclic amines) is 1. The molecule has 0 aromatic heterocycles. The second kappa shape index (κ2) is 10.3. The molecule has 2 aromatic rings. The van der Waals surface area contributed by atoms with Crippen LogP contribution in [0.25, 0.3) is 0 Å². The third-order valence-electron chi connectivity index (χ3n) is 8.18. The highest BCUT2D eigenvalue weighted by Gasteiger charge is 2.46. The van der Waals surface area contributed by atoms with E-state index < -0.39 is 0 Å². The molecule has 0 atom stereocenters. The molecule has 1 amide bonds. The number of nitrogens with zero attached hydrogens (tertiary/aromatic N) is 2. The lowest BCUT2D eigenvalue weighted by Crippen LogP contribution is -2.55. The first-order chi connectivity index (χ1) is 16.6. The Morgan fingerprint density at radius 3 is 2.44 bits per heavy atom. The average Bonchev–Trinajstić information content (AvgIpc) is 2.84. The number of anilines is 2. The van der Waals surface area contributed by atoms with Gasteiger partial charge in [-0.1, -0.05) is 36.4 Å². The average molecular weight is 463 g/mol. The zero-order valence-corrected chi connectivity index (χ0v) is 20.1. The van der Waals surface area contributed by atoms with Gasteiger partial charge in [-0.05, 0) is 86.7 Å². The SMILES string of the molecule is Nc1cccc(N2CCC(CN3CCC4(CC3)CC(NC(=O)OCc3ccccc3)C4)CC2)c1. The second-order valence-electron chi connectivity index (χ2n) is 10.6. The lowest BCUT2D eigenvalue weighted by Gasteiger charge is -2.52. The molecular weight excluding hydrogens is 424 g/mol. The van der Waals surface area contributed by atoms with Crippen LogP contribution in [0.3, 0.4) is 0 Å². The molecule has 3 N–H and O–H groups in total. The van der Waals surface area contributed by atoms with Gasteiger partial charge in [0.05, 0.1) is 0 Å². The van der Waals surface area contributed by atoms with Gasteiger partial charge in [-0.2, -0.15) is 0 Å². The number of ether oxygens (including phenoxy) is 1. The van der Waals surface area contributed by atoms with Crippen molar-refractivity contribution in [2.45, 2.75) is 51.2 Å². The standard InChI is InChI=1S/C28H38N4O2/c29-24-7-4-8-26(17-24)32-13-9-22(10-14-32)20-31-15-11-28(12-16-31)18-25(19-28)30-27(33)34-21-23-5-2-1-3-6-23/h1-8,17,22,25H,9-16,18-21,29H2,(H,30,33). The van der Waals surface area contributed by atoms with Crippen molar-refractivity contribution >= 4 is 17.5 Å². The fourth-order valence-corrected chi connectivity index (χ4v) is 6.10. The van der Waals surface area contributed by atoms with Gasteiger partial charge in [0.1, 0.15) is 6.61 Å². The van der Waals surface area contributed by atoms with Crippen LogP contribution in [0.5, 0.6) is 0 Å². The molecule has 0 bridgehead atoms. The third kappa shape index (κ3) is 5.66. The van der Waals surface area contributed by atoms with Crippen LogP contribution in [0.1, 0.15) is 44.1 Å². The highest BCUT2D eigenvalue weighted by atomic mass is 16.5. The van der Waals surface area contributed by atoms with Gasteiger partial charge in [0, 0.05) is 37.1 Å². The lowest BCUT2D eigenvalue weighted by molar-refractivity contribution is 0.000393. The first-order valence-electron chi connectivity index (χ1n) is 12.9. The number of alkyl carbamates (subject to hydrolysis) is 1. The molecule has 2 aliphatic heterocycles. The van der Waals surface area contributed by atoms with Crippen LogP contribution in [-0.4, -0.2) is 49.8 Å². The van der Waals surface area contributed by atoms with Crippen molar-refractivity contribution in [1.29, 1.82) is 0 Å². The molecule has 3 aliphatic rings. The number of nitrogens with one attached hydrogen (secondary N) is 1. The smallest absolute Gasteiger partial charge is 0.407 e. The molecule has 1 spiro atoms. The summed E-state index contributed by atoms with van der Waals surface area (Å²) < 4.78 is 5.39. The van der Waals surface area contributed by atoms with Crippen molar-refractivity contribution < 1.29 is 9.53 Å². The van der Waals surface area contributed by atoms with E-state index in [4.69, 9.17) is 10.5 Å². The summed E-state index contributed by atoms with van der Waals surface area (Å²) >= 11 is 0. The van der Waals surface area contributed by atoms with Gasteiger partial charge in [-0.3, -0.25) is 0 Å². The summed E-state index contributed by atoms with van der Waals surface area (Å²) in [6.07, 6.45) is 6.94. The van der Waals surface area contributed by atoms with Crippen LogP contribution in [0.2, 0.25) is 0 Å². The molecule has 6 heteroatoms. The zero-order chi connectivity index (χ0) is 23.4. The van der Waals surface area contributed by atoms with E-state index in [0.717, 1.165) is 43.1 Å². The van der Waals surface area contributed by atoms with Gasteiger partial charge in [0.15, 0.2) is 0 Å². The van der Waals surface area contributed by atoms with Crippen molar-refractivity contribution in [1.82, 2.24) is 10.2 Å². The maximum absolute atomic E-state index is 12.1. The van der Waals surface area contributed by atoms with Gasteiger partial charge >= 0.3 is 6.09 Å².